The molecule has 1 saturated heterocycles. The summed E-state index contributed by atoms with van der Waals surface area (Å²) in [6.07, 6.45) is 0.903. The van der Waals surface area contributed by atoms with Gasteiger partial charge in [-0.05, 0) is 41.8 Å². The first-order chi connectivity index (χ1) is 9.18. The monoisotopic (exact) mass is 275 g/mol. The maximum Gasteiger partial charge on any atom is 0.123 e. The highest BCUT2D eigenvalue weighted by Gasteiger charge is 2.38. The standard InChI is InChI=1S/C16H15ClFN/c17-14-6-4-12(5-7-14)9-16(10-19-11-16)13-2-1-3-15(18)8-13/h1-8,19H,9-11H2. The van der Waals surface area contributed by atoms with Crippen molar-refractivity contribution < 1.29 is 4.39 Å². The summed E-state index contributed by atoms with van der Waals surface area (Å²) in [5.41, 5.74) is 2.31. The van der Waals surface area contributed by atoms with Crippen LogP contribution < -0.4 is 5.32 Å². The van der Waals surface area contributed by atoms with Crippen LogP contribution in [0.3, 0.4) is 0 Å². The van der Waals surface area contributed by atoms with Gasteiger partial charge in [-0.15, -0.1) is 0 Å². The number of rotatable bonds is 3. The van der Waals surface area contributed by atoms with E-state index in [0.29, 0.717) is 0 Å². The molecule has 3 rings (SSSR count). The van der Waals surface area contributed by atoms with Crippen LogP contribution in [0.4, 0.5) is 4.39 Å². The molecule has 0 unspecified atom stereocenters. The molecule has 1 nitrogen and oxygen atoms in total. The average Bonchev–Trinajstić information content (AvgIpc) is 2.36. The smallest absolute Gasteiger partial charge is 0.123 e. The highest BCUT2D eigenvalue weighted by Crippen LogP contribution is 2.33. The maximum atomic E-state index is 13.4. The third kappa shape index (κ3) is 2.51. The zero-order chi connectivity index (χ0) is 13.3. The first-order valence-corrected chi connectivity index (χ1v) is 6.77. The highest BCUT2D eigenvalue weighted by atomic mass is 35.5. The van der Waals surface area contributed by atoms with Gasteiger partial charge in [-0.2, -0.15) is 0 Å². The molecule has 1 heterocycles. The minimum atomic E-state index is -0.167. The molecule has 2 aromatic rings. The van der Waals surface area contributed by atoms with E-state index < -0.39 is 0 Å². The molecule has 1 N–H and O–H groups in total. The van der Waals surface area contributed by atoms with Crippen molar-refractivity contribution in [2.24, 2.45) is 0 Å². The van der Waals surface area contributed by atoms with Crippen LogP contribution in [-0.2, 0) is 11.8 Å². The van der Waals surface area contributed by atoms with Crippen molar-refractivity contribution in [3.8, 4) is 0 Å². The third-order valence-corrected chi connectivity index (χ3v) is 4.07. The molecule has 0 atom stereocenters. The van der Waals surface area contributed by atoms with Crippen molar-refractivity contribution in [2.45, 2.75) is 11.8 Å². The topological polar surface area (TPSA) is 12.0 Å². The molecular weight excluding hydrogens is 261 g/mol. The number of halogens is 2. The van der Waals surface area contributed by atoms with E-state index in [1.807, 2.05) is 30.3 Å². The van der Waals surface area contributed by atoms with E-state index >= 15 is 0 Å². The Labute approximate surface area is 117 Å². The fourth-order valence-corrected chi connectivity index (χ4v) is 2.80. The van der Waals surface area contributed by atoms with Gasteiger partial charge < -0.3 is 5.32 Å². The van der Waals surface area contributed by atoms with Crippen molar-refractivity contribution in [1.82, 2.24) is 5.32 Å². The van der Waals surface area contributed by atoms with Gasteiger partial charge in [-0.25, -0.2) is 4.39 Å². The molecular formula is C16H15ClFN. The van der Waals surface area contributed by atoms with E-state index in [1.54, 1.807) is 12.1 Å². The molecule has 0 bridgehead atoms. The molecule has 0 aliphatic carbocycles. The van der Waals surface area contributed by atoms with Crippen LogP contribution in [0.5, 0.6) is 0 Å². The van der Waals surface area contributed by atoms with Crippen LogP contribution in [0.1, 0.15) is 11.1 Å². The number of hydrogen-bond acceptors (Lipinski definition) is 1. The predicted octanol–water partition coefficient (Wildman–Crippen LogP) is 3.56. The van der Waals surface area contributed by atoms with Crippen LogP contribution in [0.2, 0.25) is 5.02 Å². The minimum absolute atomic E-state index is 0.00985. The number of nitrogens with one attached hydrogen (secondary N) is 1. The third-order valence-electron chi connectivity index (χ3n) is 3.82. The van der Waals surface area contributed by atoms with Crippen LogP contribution in [0.15, 0.2) is 48.5 Å². The molecule has 1 aliphatic rings. The normalized spacial score (nSPS) is 16.9. The van der Waals surface area contributed by atoms with Crippen LogP contribution >= 0.6 is 11.6 Å². The summed E-state index contributed by atoms with van der Waals surface area (Å²) >= 11 is 5.91. The van der Waals surface area contributed by atoms with Crippen LogP contribution in [0, 0.1) is 5.82 Å². The molecule has 1 fully saturated rings. The van der Waals surface area contributed by atoms with Gasteiger partial charge in [0.2, 0.25) is 0 Å². The average molecular weight is 276 g/mol. The van der Waals surface area contributed by atoms with Crippen LogP contribution in [0.25, 0.3) is 0 Å². The predicted molar refractivity (Wildman–Crippen MR) is 76.1 cm³/mol. The van der Waals surface area contributed by atoms with E-state index in [4.69, 9.17) is 11.6 Å². The van der Waals surface area contributed by atoms with E-state index in [-0.39, 0.29) is 11.2 Å². The van der Waals surface area contributed by atoms with E-state index in [9.17, 15) is 4.39 Å². The van der Waals surface area contributed by atoms with Gasteiger partial charge in [-0.1, -0.05) is 35.9 Å². The zero-order valence-electron chi connectivity index (χ0n) is 10.5. The van der Waals surface area contributed by atoms with Crippen molar-refractivity contribution >= 4 is 11.6 Å². The van der Waals surface area contributed by atoms with Gasteiger partial charge in [0.25, 0.3) is 0 Å². The Kier molecular flexibility index (Phi) is 3.29. The Morgan fingerprint density at radius 3 is 2.42 bits per heavy atom. The van der Waals surface area contributed by atoms with Gasteiger partial charge in [0.1, 0.15) is 5.82 Å². The number of benzene rings is 2. The molecule has 19 heavy (non-hydrogen) atoms. The molecule has 0 amide bonds. The molecule has 1 aliphatic heterocycles. The summed E-state index contributed by atoms with van der Waals surface area (Å²) in [6, 6.07) is 14.8. The summed E-state index contributed by atoms with van der Waals surface area (Å²) < 4.78 is 13.4. The van der Waals surface area contributed by atoms with Gasteiger partial charge in [0, 0.05) is 23.5 Å². The van der Waals surface area contributed by atoms with E-state index in [1.165, 1.54) is 11.6 Å². The second-order valence-electron chi connectivity index (χ2n) is 5.20. The van der Waals surface area contributed by atoms with Gasteiger partial charge in [-0.3, -0.25) is 0 Å². The lowest BCUT2D eigenvalue weighted by atomic mass is 9.71. The lowest BCUT2D eigenvalue weighted by Gasteiger charge is -2.43. The van der Waals surface area contributed by atoms with Crippen molar-refractivity contribution in [3.05, 3.63) is 70.5 Å². The minimum Gasteiger partial charge on any atom is -0.315 e. The molecule has 2 aromatic carbocycles. The summed E-state index contributed by atoms with van der Waals surface area (Å²) in [5.74, 6) is -0.167. The van der Waals surface area contributed by atoms with E-state index in [2.05, 4.69) is 5.32 Å². The van der Waals surface area contributed by atoms with Gasteiger partial charge in [0.15, 0.2) is 0 Å². The maximum absolute atomic E-state index is 13.4. The summed E-state index contributed by atoms with van der Waals surface area (Å²) in [7, 11) is 0. The quantitative estimate of drug-likeness (QED) is 0.903. The fraction of sp³-hybridized carbons (Fsp3) is 0.250. The van der Waals surface area contributed by atoms with Gasteiger partial charge in [0.05, 0.1) is 0 Å². The lowest BCUT2D eigenvalue weighted by Crippen LogP contribution is -2.58. The first-order valence-electron chi connectivity index (χ1n) is 6.39. The molecule has 0 aromatic heterocycles. The van der Waals surface area contributed by atoms with Crippen molar-refractivity contribution in [1.29, 1.82) is 0 Å². The lowest BCUT2D eigenvalue weighted by molar-refractivity contribution is 0.274. The summed E-state index contributed by atoms with van der Waals surface area (Å²) in [5, 5.41) is 4.05. The van der Waals surface area contributed by atoms with E-state index in [0.717, 1.165) is 30.1 Å². The molecule has 0 radical (unpaired) electrons. The molecule has 3 heteroatoms. The SMILES string of the molecule is Fc1cccc(C2(Cc3ccc(Cl)cc3)CNC2)c1. The van der Waals surface area contributed by atoms with Crippen LogP contribution in [-0.4, -0.2) is 13.1 Å². The Balaban J connectivity index is 1.89. The van der Waals surface area contributed by atoms with Crippen molar-refractivity contribution in [3.63, 3.8) is 0 Å². The second-order valence-corrected chi connectivity index (χ2v) is 5.63. The summed E-state index contributed by atoms with van der Waals surface area (Å²) in [4.78, 5) is 0. The second kappa shape index (κ2) is 4.95. The molecule has 0 saturated carbocycles. The Morgan fingerprint density at radius 1 is 1.11 bits per heavy atom. The van der Waals surface area contributed by atoms with Gasteiger partial charge >= 0.3 is 0 Å². The largest absolute Gasteiger partial charge is 0.315 e. The Morgan fingerprint density at radius 2 is 1.84 bits per heavy atom. The Hall–Kier alpha value is -1.38. The zero-order valence-corrected chi connectivity index (χ0v) is 11.3. The molecule has 0 spiro atoms. The first kappa shape index (κ1) is 12.6. The fourth-order valence-electron chi connectivity index (χ4n) is 2.67. The van der Waals surface area contributed by atoms with Crippen molar-refractivity contribution in [2.75, 3.05) is 13.1 Å². The Bertz CT molecular complexity index is 576. The number of hydrogen-bond donors (Lipinski definition) is 1. The summed E-state index contributed by atoms with van der Waals surface area (Å²) in [6.45, 7) is 1.78. The molecule has 98 valence electrons. The highest BCUT2D eigenvalue weighted by molar-refractivity contribution is 6.30.